The molecule has 1 unspecified atom stereocenters. The Labute approximate surface area is 118 Å². The standard InChI is InChI=1S/C15H20N2OS/c1-10-4-5-14(18-3)12(6-10)7-13(16)8-15-17-11(2)9-19-15/h4-6,9,13H,7-8,16H2,1-3H3. The molecule has 0 saturated heterocycles. The van der Waals surface area contributed by atoms with Gasteiger partial charge in [0.1, 0.15) is 5.75 Å². The zero-order valence-corrected chi connectivity index (χ0v) is 12.5. The van der Waals surface area contributed by atoms with Crippen LogP contribution in [-0.4, -0.2) is 18.1 Å². The lowest BCUT2D eigenvalue weighted by Crippen LogP contribution is -2.25. The molecule has 0 fully saturated rings. The molecule has 1 atom stereocenters. The lowest BCUT2D eigenvalue weighted by atomic mass is 10.0. The number of aromatic nitrogens is 1. The van der Waals surface area contributed by atoms with Gasteiger partial charge in [-0.25, -0.2) is 4.98 Å². The maximum Gasteiger partial charge on any atom is 0.122 e. The van der Waals surface area contributed by atoms with Crippen molar-refractivity contribution in [2.24, 2.45) is 5.73 Å². The van der Waals surface area contributed by atoms with Crippen molar-refractivity contribution in [1.82, 2.24) is 4.98 Å². The van der Waals surface area contributed by atoms with Crippen molar-refractivity contribution in [3.63, 3.8) is 0 Å². The third kappa shape index (κ3) is 3.78. The highest BCUT2D eigenvalue weighted by molar-refractivity contribution is 7.09. The summed E-state index contributed by atoms with van der Waals surface area (Å²) in [5.74, 6) is 0.913. The Morgan fingerprint density at radius 2 is 2.11 bits per heavy atom. The van der Waals surface area contributed by atoms with Crippen molar-refractivity contribution >= 4 is 11.3 Å². The Hall–Kier alpha value is -1.39. The predicted octanol–water partition coefficient (Wildman–Crippen LogP) is 2.88. The summed E-state index contributed by atoms with van der Waals surface area (Å²) in [4.78, 5) is 4.46. The number of methoxy groups -OCH3 is 1. The maximum atomic E-state index is 6.23. The Bertz CT molecular complexity index is 551. The number of ether oxygens (including phenoxy) is 1. The molecule has 19 heavy (non-hydrogen) atoms. The molecule has 2 rings (SSSR count). The minimum absolute atomic E-state index is 0.0706. The molecular weight excluding hydrogens is 256 g/mol. The molecule has 0 radical (unpaired) electrons. The second kappa shape index (κ2) is 6.17. The molecule has 1 aromatic carbocycles. The van der Waals surface area contributed by atoms with Crippen molar-refractivity contribution in [2.75, 3.05) is 7.11 Å². The summed E-state index contributed by atoms with van der Waals surface area (Å²) in [7, 11) is 1.70. The van der Waals surface area contributed by atoms with Gasteiger partial charge in [-0.15, -0.1) is 11.3 Å². The van der Waals surface area contributed by atoms with Crippen LogP contribution in [0.2, 0.25) is 0 Å². The van der Waals surface area contributed by atoms with Crippen molar-refractivity contribution in [3.8, 4) is 5.75 Å². The van der Waals surface area contributed by atoms with Gasteiger partial charge in [0.05, 0.1) is 12.1 Å². The van der Waals surface area contributed by atoms with Gasteiger partial charge in [-0.1, -0.05) is 17.7 Å². The van der Waals surface area contributed by atoms with E-state index in [1.54, 1.807) is 18.4 Å². The first kappa shape index (κ1) is 14.0. The van der Waals surface area contributed by atoms with Crippen molar-refractivity contribution in [2.45, 2.75) is 32.7 Å². The van der Waals surface area contributed by atoms with E-state index in [-0.39, 0.29) is 6.04 Å². The van der Waals surface area contributed by atoms with Crippen molar-refractivity contribution in [3.05, 3.63) is 45.4 Å². The number of nitrogens with zero attached hydrogens (tertiary/aromatic N) is 1. The van der Waals surface area contributed by atoms with Gasteiger partial charge in [-0.2, -0.15) is 0 Å². The third-order valence-electron chi connectivity index (χ3n) is 3.02. The monoisotopic (exact) mass is 276 g/mol. The van der Waals surface area contributed by atoms with Gasteiger partial charge in [0.25, 0.3) is 0 Å². The van der Waals surface area contributed by atoms with E-state index in [9.17, 15) is 0 Å². The quantitative estimate of drug-likeness (QED) is 0.913. The van der Waals surface area contributed by atoms with E-state index < -0.39 is 0 Å². The Morgan fingerprint density at radius 3 is 2.74 bits per heavy atom. The van der Waals surface area contributed by atoms with Crippen LogP contribution in [0.5, 0.6) is 5.75 Å². The fourth-order valence-corrected chi connectivity index (χ4v) is 3.01. The summed E-state index contributed by atoms with van der Waals surface area (Å²) < 4.78 is 5.39. The zero-order valence-electron chi connectivity index (χ0n) is 11.6. The topological polar surface area (TPSA) is 48.1 Å². The maximum absolute atomic E-state index is 6.23. The van der Waals surface area contributed by atoms with Crippen LogP contribution in [0.3, 0.4) is 0 Å². The second-order valence-corrected chi connectivity index (χ2v) is 5.81. The lowest BCUT2D eigenvalue weighted by Gasteiger charge is -2.14. The number of benzene rings is 1. The average Bonchev–Trinajstić information content (AvgIpc) is 2.75. The molecule has 0 aliphatic rings. The minimum atomic E-state index is 0.0706. The van der Waals surface area contributed by atoms with E-state index in [1.807, 2.05) is 13.0 Å². The Balaban J connectivity index is 2.05. The van der Waals surface area contributed by atoms with E-state index in [1.165, 1.54) is 11.1 Å². The van der Waals surface area contributed by atoms with Crippen LogP contribution in [0.1, 0.15) is 21.8 Å². The summed E-state index contributed by atoms with van der Waals surface area (Å²) in [6, 6.07) is 6.27. The van der Waals surface area contributed by atoms with E-state index in [4.69, 9.17) is 10.5 Å². The van der Waals surface area contributed by atoms with E-state index in [2.05, 4.69) is 29.4 Å². The molecule has 0 saturated carbocycles. The van der Waals surface area contributed by atoms with E-state index in [0.29, 0.717) is 0 Å². The number of thiazole rings is 1. The molecule has 1 heterocycles. The third-order valence-corrected chi connectivity index (χ3v) is 4.01. The number of aryl methyl sites for hydroxylation is 2. The van der Waals surface area contributed by atoms with Gasteiger partial charge in [0, 0.05) is 23.5 Å². The Morgan fingerprint density at radius 1 is 1.32 bits per heavy atom. The van der Waals surface area contributed by atoms with Gasteiger partial charge in [-0.3, -0.25) is 0 Å². The molecule has 0 aliphatic heterocycles. The fraction of sp³-hybridized carbons (Fsp3) is 0.400. The highest BCUT2D eigenvalue weighted by atomic mass is 32.1. The molecule has 0 bridgehead atoms. The van der Waals surface area contributed by atoms with Gasteiger partial charge >= 0.3 is 0 Å². The fourth-order valence-electron chi connectivity index (χ4n) is 2.14. The predicted molar refractivity (Wildman–Crippen MR) is 80.0 cm³/mol. The number of nitrogens with two attached hydrogens (primary N) is 1. The minimum Gasteiger partial charge on any atom is -0.496 e. The van der Waals surface area contributed by atoms with Crippen LogP contribution in [0.15, 0.2) is 23.6 Å². The van der Waals surface area contributed by atoms with Crippen LogP contribution < -0.4 is 10.5 Å². The Kier molecular flexibility index (Phi) is 4.56. The summed E-state index contributed by atoms with van der Waals surface area (Å²) >= 11 is 1.68. The molecule has 0 spiro atoms. The van der Waals surface area contributed by atoms with Gasteiger partial charge in [0.15, 0.2) is 0 Å². The van der Waals surface area contributed by atoms with Crippen LogP contribution in [-0.2, 0) is 12.8 Å². The molecule has 0 amide bonds. The molecule has 0 aliphatic carbocycles. The number of rotatable bonds is 5. The first-order valence-electron chi connectivity index (χ1n) is 6.38. The van der Waals surface area contributed by atoms with Gasteiger partial charge in [-0.05, 0) is 31.9 Å². The molecule has 1 aromatic heterocycles. The SMILES string of the molecule is COc1ccc(C)cc1CC(N)Cc1nc(C)cs1. The first-order valence-corrected chi connectivity index (χ1v) is 7.26. The lowest BCUT2D eigenvalue weighted by molar-refractivity contribution is 0.407. The van der Waals surface area contributed by atoms with Gasteiger partial charge in [0.2, 0.25) is 0 Å². The molecular formula is C15H20N2OS. The summed E-state index contributed by atoms with van der Waals surface area (Å²) in [5.41, 5.74) is 9.70. The molecule has 2 aromatic rings. The summed E-state index contributed by atoms with van der Waals surface area (Å²) in [5, 5.41) is 3.17. The van der Waals surface area contributed by atoms with Crippen LogP contribution in [0.25, 0.3) is 0 Å². The van der Waals surface area contributed by atoms with Crippen molar-refractivity contribution < 1.29 is 4.74 Å². The normalized spacial score (nSPS) is 12.4. The average molecular weight is 276 g/mol. The van der Waals surface area contributed by atoms with E-state index >= 15 is 0 Å². The smallest absolute Gasteiger partial charge is 0.122 e. The van der Waals surface area contributed by atoms with Crippen LogP contribution >= 0.6 is 11.3 Å². The zero-order chi connectivity index (χ0) is 13.8. The first-order chi connectivity index (χ1) is 9.08. The number of hydrogen-bond acceptors (Lipinski definition) is 4. The summed E-state index contributed by atoms with van der Waals surface area (Å²) in [6.07, 6.45) is 1.62. The van der Waals surface area contributed by atoms with Gasteiger partial charge < -0.3 is 10.5 Å². The molecule has 4 heteroatoms. The highest BCUT2D eigenvalue weighted by Gasteiger charge is 2.11. The highest BCUT2D eigenvalue weighted by Crippen LogP contribution is 2.22. The largest absolute Gasteiger partial charge is 0.496 e. The van der Waals surface area contributed by atoms with E-state index in [0.717, 1.165) is 29.3 Å². The molecule has 2 N–H and O–H groups in total. The molecule has 3 nitrogen and oxygen atoms in total. The van der Waals surface area contributed by atoms with Crippen molar-refractivity contribution in [1.29, 1.82) is 0 Å². The second-order valence-electron chi connectivity index (χ2n) is 4.87. The van der Waals surface area contributed by atoms with Crippen LogP contribution in [0.4, 0.5) is 0 Å². The molecule has 102 valence electrons. The summed E-state index contributed by atoms with van der Waals surface area (Å²) in [6.45, 7) is 4.09. The van der Waals surface area contributed by atoms with Crippen LogP contribution in [0, 0.1) is 13.8 Å². The number of hydrogen-bond donors (Lipinski definition) is 1.